The first-order chi connectivity index (χ1) is 18.9. The lowest BCUT2D eigenvalue weighted by molar-refractivity contribution is -0.146. The average molecular weight is 567 g/mol. The third-order valence-corrected chi connectivity index (χ3v) is 6.08. The monoisotopic (exact) mass is 566 g/mol. The van der Waals surface area contributed by atoms with Gasteiger partial charge < -0.3 is 31.3 Å². The Bertz CT molecular complexity index is 1450. The molecule has 11 nitrogen and oxygen atoms in total. The lowest BCUT2D eigenvalue weighted by atomic mass is 9.99. The van der Waals surface area contributed by atoms with E-state index in [4.69, 9.17) is 27.8 Å². The number of ether oxygens (including phenoxy) is 1. The highest BCUT2D eigenvalue weighted by atomic mass is 35.5. The number of carboxylic acid groups (broad SMARTS) is 2. The molecule has 0 saturated heterocycles. The van der Waals surface area contributed by atoms with Crippen LogP contribution in [0.4, 0.5) is 5.69 Å². The number of guanidine groups is 1. The molecule has 0 aliphatic rings. The summed E-state index contributed by atoms with van der Waals surface area (Å²) in [7, 11) is 0. The largest absolute Gasteiger partial charge is 0.480 e. The number of benzene rings is 3. The van der Waals surface area contributed by atoms with Gasteiger partial charge in [0.2, 0.25) is 5.91 Å². The van der Waals surface area contributed by atoms with Crippen molar-refractivity contribution in [3.8, 4) is 5.75 Å². The molecule has 0 aromatic heterocycles. The molecule has 1 atom stereocenters. The fourth-order valence-corrected chi connectivity index (χ4v) is 4.12. The van der Waals surface area contributed by atoms with Crippen LogP contribution in [0.1, 0.15) is 38.8 Å². The summed E-state index contributed by atoms with van der Waals surface area (Å²) in [6.45, 7) is 1.00. The zero-order chi connectivity index (χ0) is 29.4. The van der Waals surface area contributed by atoms with E-state index in [9.17, 15) is 29.4 Å². The third kappa shape index (κ3) is 8.30. The van der Waals surface area contributed by atoms with Crippen LogP contribution in [0.2, 0.25) is 5.02 Å². The van der Waals surface area contributed by atoms with Crippen molar-refractivity contribution in [3.05, 3.63) is 94.0 Å². The highest BCUT2D eigenvalue weighted by Crippen LogP contribution is 2.26. The number of hydrogen-bond acceptors (Lipinski definition) is 6. The minimum Gasteiger partial charge on any atom is -0.480 e. The molecule has 3 rings (SSSR count). The molecule has 1 amide bonds. The van der Waals surface area contributed by atoms with E-state index >= 15 is 0 Å². The van der Waals surface area contributed by atoms with Gasteiger partial charge in [-0.05, 0) is 66.1 Å². The van der Waals surface area contributed by atoms with Crippen LogP contribution in [0.3, 0.4) is 0 Å². The minimum atomic E-state index is -1.20. The van der Waals surface area contributed by atoms with Gasteiger partial charge in [0.1, 0.15) is 12.3 Å². The number of nitrogens with two attached hydrogens (primary N) is 2. The Balaban J connectivity index is 1.68. The molecular weight excluding hydrogens is 540 g/mol. The normalized spacial score (nSPS) is 11.2. The fraction of sp³-hybridized carbons (Fsp3) is 0.179. The van der Waals surface area contributed by atoms with E-state index < -0.39 is 36.3 Å². The summed E-state index contributed by atoms with van der Waals surface area (Å²) >= 11 is 6.41. The van der Waals surface area contributed by atoms with Crippen LogP contribution >= 0.6 is 11.6 Å². The Morgan fingerprint density at radius 1 is 0.975 bits per heavy atom. The average Bonchev–Trinajstić information content (AvgIpc) is 2.89. The predicted molar refractivity (Wildman–Crippen MR) is 148 cm³/mol. The van der Waals surface area contributed by atoms with Crippen LogP contribution in [0.5, 0.6) is 5.75 Å². The maximum atomic E-state index is 13.2. The number of esters is 1. The molecule has 40 heavy (non-hydrogen) atoms. The van der Waals surface area contributed by atoms with Gasteiger partial charge in [0, 0.05) is 17.5 Å². The van der Waals surface area contributed by atoms with E-state index in [0.717, 1.165) is 4.90 Å². The molecule has 1 unspecified atom stereocenters. The molecule has 3 aromatic rings. The molecule has 0 fully saturated rings. The van der Waals surface area contributed by atoms with Crippen molar-refractivity contribution >= 4 is 47.1 Å². The Hall–Kier alpha value is -4.90. The zero-order valence-corrected chi connectivity index (χ0v) is 22.2. The molecule has 6 N–H and O–H groups in total. The number of rotatable bonds is 11. The predicted octanol–water partition coefficient (Wildman–Crippen LogP) is 3.45. The van der Waals surface area contributed by atoms with Gasteiger partial charge in [-0.3, -0.25) is 9.59 Å². The summed E-state index contributed by atoms with van der Waals surface area (Å²) in [5.74, 6) is -3.98. The van der Waals surface area contributed by atoms with E-state index in [1.165, 1.54) is 42.5 Å². The summed E-state index contributed by atoms with van der Waals surface area (Å²) < 4.78 is 5.39. The Labute approximate surface area is 234 Å². The fourth-order valence-electron chi connectivity index (χ4n) is 3.87. The van der Waals surface area contributed by atoms with Crippen molar-refractivity contribution in [1.82, 2.24) is 4.90 Å². The van der Waals surface area contributed by atoms with E-state index in [-0.39, 0.29) is 40.8 Å². The van der Waals surface area contributed by atoms with Crippen molar-refractivity contribution < 1.29 is 34.1 Å². The van der Waals surface area contributed by atoms with Gasteiger partial charge in [-0.2, -0.15) is 0 Å². The topological polar surface area (TPSA) is 186 Å². The molecule has 0 aliphatic heterocycles. The van der Waals surface area contributed by atoms with Crippen LogP contribution in [0, 0.1) is 5.92 Å². The van der Waals surface area contributed by atoms with Crippen molar-refractivity contribution in [2.45, 2.75) is 19.9 Å². The van der Waals surface area contributed by atoms with Crippen LogP contribution in [-0.4, -0.2) is 51.4 Å². The lowest BCUT2D eigenvalue weighted by Gasteiger charge is -2.25. The maximum absolute atomic E-state index is 13.2. The molecule has 208 valence electrons. The number of aliphatic imine (C=N–C) groups is 1. The first-order valence-electron chi connectivity index (χ1n) is 12.0. The SMILES string of the molecule is CC(Cc1ccc(OC(=O)c2ccc(N=C(N)N)cc2)cc1Cl)C(=O)N(CC(=O)O)Cc1cccc(C(=O)O)c1. The van der Waals surface area contributed by atoms with Crippen molar-refractivity contribution in [2.24, 2.45) is 22.4 Å². The molecule has 0 saturated carbocycles. The summed E-state index contributed by atoms with van der Waals surface area (Å²) in [6.07, 6.45) is 0.184. The summed E-state index contributed by atoms with van der Waals surface area (Å²) in [5.41, 5.74) is 12.5. The highest BCUT2D eigenvalue weighted by molar-refractivity contribution is 6.31. The zero-order valence-electron chi connectivity index (χ0n) is 21.4. The summed E-state index contributed by atoms with van der Waals surface area (Å²) in [5, 5.41) is 18.8. The number of carbonyl (C=O) groups is 4. The summed E-state index contributed by atoms with van der Waals surface area (Å²) in [6, 6.07) is 16.7. The van der Waals surface area contributed by atoms with Crippen LogP contribution in [0.25, 0.3) is 0 Å². The first kappa shape index (κ1) is 29.7. The van der Waals surface area contributed by atoms with Gasteiger partial charge in [-0.1, -0.05) is 36.7 Å². The second-order valence-corrected chi connectivity index (χ2v) is 9.33. The van der Waals surface area contributed by atoms with Gasteiger partial charge in [0.05, 0.1) is 16.8 Å². The number of halogens is 1. The first-order valence-corrected chi connectivity index (χ1v) is 12.3. The molecule has 12 heteroatoms. The number of aromatic carboxylic acids is 1. The van der Waals surface area contributed by atoms with Crippen molar-refractivity contribution in [3.63, 3.8) is 0 Å². The molecule has 0 aliphatic carbocycles. The van der Waals surface area contributed by atoms with Crippen LogP contribution in [-0.2, 0) is 22.6 Å². The van der Waals surface area contributed by atoms with Gasteiger partial charge in [-0.15, -0.1) is 0 Å². The van der Waals surface area contributed by atoms with Gasteiger partial charge in [0.25, 0.3) is 0 Å². The number of aliphatic carboxylic acids is 1. The van der Waals surface area contributed by atoms with Gasteiger partial charge in [-0.25, -0.2) is 14.6 Å². The Morgan fingerprint density at radius 3 is 2.27 bits per heavy atom. The van der Waals surface area contributed by atoms with Gasteiger partial charge in [0.15, 0.2) is 5.96 Å². The Kier molecular flexibility index (Phi) is 9.82. The Morgan fingerprint density at radius 2 is 1.68 bits per heavy atom. The second kappa shape index (κ2) is 13.3. The van der Waals surface area contributed by atoms with E-state index in [1.807, 2.05) is 0 Å². The van der Waals surface area contributed by atoms with Crippen LogP contribution in [0.15, 0.2) is 71.7 Å². The molecular formula is C28H27ClN4O7. The number of amides is 1. The third-order valence-electron chi connectivity index (χ3n) is 5.73. The quantitative estimate of drug-likeness (QED) is 0.117. The minimum absolute atomic E-state index is 0.0313. The van der Waals surface area contributed by atoms with Crippen LogP contribution < -0.4 is 16.2 Å². The second-order valence-electron chi connectivity index (χ2n) is 8.93. The van der Waals surface area contributed by atoms with Crippen molar-refractivity contribution in [1.29, 1.82) is 0 Å². The van der Waals surface area contributed by atoms with E-state index in [1.54, 1.807) is 31.2 Å². The lowest BCUT2D eigenvalue weighted by Crippen LogP contribution is -2.39. The van der Waals surface area contributed by atoms with E-state index in [2.05, 4.69) is 4.99 Å². The smallest absolute Gasteiger partial charge is 0.343 e. The molecule has 0 radical (unpaired) electrons. The number of carboxylic acids is 2. The molecule has 0 heterocycles. The maximum Gasteiger partial charge on any atom is 0.343 e. The van der Waals surface area contributed by atoms with Crippen molar-refractivity contribution in [2.75, 3.05) is 6.54 Å². The summed E-state index contributed by atoms with van der Waals surface area (Å²) in [4.78, 5) is 53.4. The number of hydrogen-bond donors (Lipinski definition) is 4. The van der Waals surface area contributed by atoms with E-state index in [0.29, 0.717) is 16.8 Å². The molecule has 3 aromatic carbocycles. The molecule has 0 bridgehead atoms. The molecule has 0 spiro atoms. The number of carbonyl (C=O) groups excluding carboxylic acids is 2. The highest BCUT2D eigenvalue weighted by Gasteiger charge is 2.24. The number of nitrogens with zero attached hydrogens (tertiary/aromatic N) is 2. The standard InChI is InChI=1S/C28H27ClN4O7/c1-16(25(36)33(15-24(34)35)14-17-3-2-4-20(12-17)26(37)38)11-19-7-10-22(13-23(19)29)40-27(39)18-5-8-21(9-6-18)32-28(30)31/h2-10,12-13,16H,11,14-15H2,1H3,(H,34,35)(H,37,38)(H4,30,31,32). The van der Waals surface area contributed by atoms with Gasteiger partial charge >= 0.3 is 17.9 Å².